The number of nitrogens with zero attached hydrogens (tertiary/aromatic N) is 4. The minimum absolute atomic E-state index is 0.00365. The van der Waals surface area contributed by atoms with E-state index in [1.807, 2.05) is 12.1 Å². The Balaban J connectivity index is 1.53. The van der Waals surface area contributed by atoms with E-state index >= 15 is 0 Å². The van der Waals surface area contributed by atoms with Crippen LogP contribution in [0.25, 0.3) is 10.9 Å². The summed E-state index contributed by atoms with van der Waals surface area (Å²) >= 11 is 5.90. The van der Waals surface area contributed by atoms with Crippen LogP contribution in [0, 0.1) is 0 Å². The summed E-state index contributed by atoms with van der Waals surface area (Å²) in [4.78, 5) is 37.7. The van der Waals surface area contributed by atoms with E-state index in [0.717, 1.165) is 17.2 Å². The highest BCUT2D eigenvalue weighted by atomic mass is 35.5. The number of hydrogen-bond donors (Lipinski definition) is 2. The van der Waals surface area contributed by atoms with Gasteiger partial charge < -0.3 is 20.9 Å². The average molecular weight is 517 g/mol. The lowest BCUT2D eigenvalue weighted by Gasteiger charge is -2.40. The summed E-state index contributed by atoms with van der Waals surface area (Å²) in [6, 6.07) is 10.7. The van der Waals surface area contributed by atoms with Gasteiger partial charge in [-0.05, 0) is 48.4 Å². The summed E-state index contributed by atoms with van der Waals surface area (Å²) < 4.78 is 23.7. The summed E-state index contributed by atoms with van der Waals surface area (Å²) in [5.41, 5.74) is 7.91. The van der Waals surface area contributed by atoms with Crippen LogP contribution in [0.4, 0.5) is 16.3 Å². The van der Waals surface area contributed by atoms with E-state index < -0.39 is 21.9 Å². The number of carbonyl (C=O) groups excluding carboxylic acids is 2. The van der Waals surface area contributed by atoms with Crippen molar-refractivity contribution < 1.29 is 18.0 Å². The second-order valence-electron chi connectivity index (χ2n) is 8.43. The van der Waals surface area contributed by atoms with E-state index in [9.17, 15) is 18.0 Å². The summed E-state index contributed by atoms with van der Waals surface area (Å²) in [5, 5.41) is 4.01. The Labute approximate surface area is 208 Å². The number of fused-ring (bicyclic) bond motifs is 1. The van der Waals surface area contributed by atoms with Gasteiger partial charge >= 0.3 is 6.03 Å². The predicted molar refractivity (Wildman–Crippen MR) is 135 cm³/mol. The third-order valence-corrected chi connectivity index (χ3v) is 7.04. The van der Waals surface area contributed by atoms with Crippen LogP contribution in [-0.2, 0) is 21.2 Å². The number of anilines is 2. The van der Waals surface area contributed by atoms with E-state index in [-0.39, 0.29) is 24.6 Å². The first-order valence-corrected chi connectivity index (χ1v) is 13.3. The number of amides is 3. The highest BCUT2D eigenvalue weighted by Crippen LogP contribution is 2.23. The monoisotopic (exact) mass is 516 g/mol. The van der Waals surface area contributed by atoms with Crippen molar-refractivity contribution in [2.75, 3.05) is 36.1 Å². The average Bonchev–Trinajstić information content (AvgIpc) is 2.80. The van der Waals surface area contributed by atoms with E-state index in [1.165, 1.54) is 11.2 Å². The van der Waals surface area contributed by atoms with E-state index in [0.29, 0.717) is 35.1 Å². The minimum atomic E-state index is -3.33. The Morgan fingerprint density at radius 1 is 1.17 bits per heavy atom. The van der Waals surface area contributed by atoms with Gasteiger partial charge in [0.2, 0.25) is 5.91 Å². The molecule has 0 radical (unpaired) electrons. The molecule has 1 atom stereocenters. The standard InChI is InChI=1S/C23H25ClN6O4S/c1-35(33,34)11-8-20-22(31)29(13-15-2-7-18-19(12-15)26-14-27-21(18)25)9-10-30(20)23(32)28-17-5-3-16(24)4-6-17/h2-7,12,14,20H,8-11,13H2,1H3,(H,28,32)(H2,25,26,27)/t20-/m0/s1. The first kappa shape index (κ1) is 24.7. The van der Waals surface area contributed by atoms with Crippen LogP contribution < -0.4 is 11.1 Å². The maximum absolute atomic E-state index is 13.4. The number of nitrogens with two attached hydrogens (primary N) is 1. The number of nitrogens with one attached hydrogen (secondary N) is 1. The van der Waals surface area contributed by atoms with E-state index in [4.69, 9.17) is 17.3 Å². The third kappa shape index (κ3) is 5.98. The van der Waals surface area contributed by atoms with Crippen LogP contribution in [0.1, 0.15) is 12.0 Å². The number of nitrogen functional groups attached to an aromatic ring is 1. The van der Waals surface area contributed by atoms with Crippen LogP contribution in [0.2, 0.25) is 5.02 Å². The Morgan fingerprint density at radius 2 is 1.91 bits per heavy atom. The molecule has 2 aromatic carbocycles. The molecule has 2 heterocycles. The number of rotatable bonds is 6. The molecule has 3 amide bonds. The number of aromatic nitrogens is 2. The van der Waals surface area contributed by atoms with Crippen LogP contribution in [-0.4, -0.2) is 71.3 Å². The zero-order valence-corrected chi connectivity index (χ0v) is 20.6. The van der Waals surface area contributed by atoms with Gasteiger partial charge in [-0.3, -0.25) is 4.79 Å². The van der Waals surface area contributed by atoms with Crippen LogP contribution in [0.15, 0.2) is 48.8 Å². The Morgan fingerprint density at radius 3 is 2.63 bits per heavy atom. The largest absolute Gasteiger partial charge is 0.383 e. The van der Waals surface area contributed by atoms with Gasteiger partial charge in [0.05, 0.1) is 11.3 Å². The van der Waals surface area contributed by atoms with Crippen LogP contribution in [0.3, 0.4) is 0 Å². The normalized spacial score (nSPS) is 16.5. The molecule has 0 bridgehead atoms. The number of halogens is 1. The van der Waals surface area contributed by atoms with Gasteiger partial charge in [0.1, 0.15) is 28.0 Å². The fraction of sp³-hybridized carbons (Fsp3) is 0.304. The molecule has 12 heteroatoms. The molecule has 35 heavy (non-hydrogen) atoms. The van der Waals surface area contributed by atoms with Crippen molar-refractivity contribution >= 4 is 55.8 Å². The van der Waals surface area contributed by atoms with E-state index in [1.54, 1.807) is 35.2 Å². The topological polar surface area (TPSA) is 139 Å². The van der Waals surface area contributed by atoms with Crippen LogP contribution >= 0.6 is 11.6 Å². The SMILES string of the molecule is CS(=O)(=O)CC[C@H]1C(=O)N(Cc2ccc3c(N)ncnc3c2)CCN1C(=O)Nc1ccc(Cl)cc1. The molecule has 184 valence electrons. The fourth-order valence-corrected chi connectivity index (χ4v) is 4.79. The molecule has 1 aromatic heterocycles. The van der Waals surface area contributed by atoms with Crippen LogP contribution in [0.5, 0.6) is 0 Å². The zero-order valence-electron chi connectivity index (χ0n) is 19.0. The summed E-state index contributed by atoms with van der Waals surface area (Å²) in [7, 11) is -3.33. The molecule has 0 unspecified atom stereocenters. The molecule has 1 aliphatic heterocycles. The van der Waals surface area contributed by atoms with Crippen molar-refractivity contribution in [1.82, 2.24) is 19.8 Å². The van der Waals surface area contributed by atoms with Crippen molar-refractivity contribution in [3.05, 3.63) is 59.4 Å². The van der Waals surface area contributed by atoms with Gasteiger partial charge in [-0.15, -0.1) is 0 Å². The highest BCUT2D eigenvalue weighted by molar-refractivity contribution is 7.90. The molecular formula is C23H25ClN6O4S. The third-order valence-electron chi connectivity index (χ3n) is 5.81. The molecule has 1 fully saturated rings. The molecule has 4 rings (SSSR count). The van der Waals surface area contributed by atoms with Crippen molar-refractivity contribution in [2.45, 2.75) is 19.0 Å². The van der Waals surface area contributed by atoms with Gasteiger partial charge in [0.15, 0.2) is 0 Å². The second kappa shape index (κ2) is 10.0. The molecule has 1 aliphatic rings. The quantitative estimate of drug-likeness (QED) is 0.513. The second-order valence-corrected chi connectivity index (χ2v) is 11.1. The Hall–Kier alpha value is -3.44. The smallest absolute Gasteiger partial charge is 0.322 e. The summed E-state index contributed by atoms with van der Waals surface area (Å²) in [6.45, 7) is 0.842. The Bertz CT molecular complexity index is 1370. The number of sulfone groups is 1. The maximum Gasteiger partial charge on any atom is 0.322 e. The fourth-order valence-electron chi connectivity index (χ4n) is 4.01. The number of carbonyl (C=O) groups is 2. The van der Waals surface area contributed by atoms with Gasteiger partial charge in [-0.1, -0.05) is 17.7 Å². The first-order chi connectivity index (χ1) is 16.6. The summed E-state index contributed by atoms with van der Waals surface area (Å²) in [6.07, 6.45) is 2.49. The predicted octanol–water partition coefficient (Wildman–Crippen LogP) is 2.55. The van der Waals surface area contributed by atoms with Crippen molar-refractivity contribution in [3.8, 4) is 0 Å². The molecule has 3 aromatic rings. The zero-order chi connectivity index (χ0) is 25.2. The minimum Gasteiger partial charge on any atom is -0.383 e. The molecule has 0 spiro atoms. The Kier molecular flexibility index (Phi) is 7.08. The highest BCUT2D eigenvalue weighted by Gasteiger charge is 2.37. The lowest BCUT2D eigenvalue weighted by molar-refractivity contribution is -0.140. The van der Waals surface area contributed by atoms with Gasteiger partial charge in [0.25, 0.3) is 0 Å². The molecule has 0 aliphatic carbocycles. The van der Waals surface area contributed by atoms with E-state index in [2.05, 4.69) is 15.3 Å². The van der Waals surface area contributed by atoms with Gasteiger partial charge in [-0.25, -0.2) is 23.2 Å². The van der Waals surface area contributed by atoms with Crippen molar-refractivity contribution in [3.63, 3.8) is 0 Å². The molecule has 1 saturated heterocycles. The number of piperazine rings is 1. The molecule has 3 N–H and O–H groups in total. The molecule has 10 nitrogen and oxygen atoms in total. The lowest BCUT2D eigenvalue weighted by atomic mass is 10.1. The summed E-state index contributed by atoms with van der Waals surface area (Å²) in [5.74, 6) is -0.152. The van der Waals surface area contributed by atoms with Gasteiger partial charge in [0, 0.05) is 42.0 Å². The number of urea groups is 1. The number of hydrogen-bond acceptors (Lipinski definition) is 7. The molecule has 0 saturated carbocycles. The lowest BCUT2D eigenvalue weighted by Crippen LogP contribution is -2.59. The molecular weight excluding hydrogens is 492 g/mol. The van der Waals surface area contributed by atoms with Crippen molar-refractivity contribution in [2.24, 2.45) is 0 Å². The maximum atomic E-state index is 13.4. The first-order valence-electron chi connectivity index (χ1n) is 10.9. The number of benzene rings is 2. The van der Waals surface area contributed by atoms with Crippen molar-refractivity contribution in [1.29, 1.82) is 0 Å². The van der Waals surface area contributed by atoms with Gasteiger partial charge in [-0.2, -0.15) is 0 Å².